The maximum absolute atomic E-state index is 13.5. The van der Waals surface area contributed by atoms with Crippen LogP contribution in [0.4, 0.5) is 5.95 Å². The third kappa shape index (κ3) is 3.80. The van der Waals surface area contributed by atoms with E-state index in [0.29, 0.717) is 24.7 Å². The van der Waals surface area contributed by atoms with Gasteiger partial charge in [-0.2, -0.15) is 0 Å². The minimum absolute atomic E-state index is 0.0488. The van der Waals surface area contributed by atoms with Gasteiger partial charge < -0.3 is 9.80 Å². The van der Waals surface area contributed by atoms with E-state index >= 15 is 0 Å². The third-order valence-corrected chi connectivity index (χ3v) is 6.78. The van der Waals surface area contributed by atoms with Crippen molar-refractivity contribution in [2.45, 2.75) is 39.2 Å². The summed E-state index contributed by atoms with van der Waals surface area (Å²) >= 11 is 6.24. The Balaban J connectivity index is 1.45. The first kappa shape index (κ1) is 21.6. The normalized spacial score (nSPS) is 17.6. The lowest BCUT2D eigenvalue weighted by Crippen LogP contribution is -2.55. The molecule has 8 heteroatoms. The van der Waals surface area contributed by atoms with Gasteiger partial charge in [0.2, 0.25) is 11.9 Å². The van der Waals surface area contributed by atoms with E-state index in [4.69, 9.17) is 16.6 Å². The average Bonchev–Trinajstić information content (AvgIpc) is 3.21. The summed E-state index contributed by atoms with van der Waals surface area (Å²) in [6.45, 7) is 8.13. The maximum atomic E-state index is 13.5. The van der Waals surface area contributed by atoms with E-state index in [1.54, 1.807) is 0 Å². The van der Waals surface area contributed by atoms with Crippen molar-refractivity contribution in [3.05, 3.63) is 64.9 Å². The van der Waals surface area contributed by atoms with Crippen LogP contribution >= 0.6 is 11.6 Å². The largest absolute Gasteiger partial charge is 0.338 e. The molecule has 0 N–H and O–H groups in total. The number of benzene rings is 2. The second kappa shape index (κ2) is 8.63. The number of carbonyl (C=O) groups excluding carboxylic acids is 1. The number of hydrogen-bond acceptors (Lipinski definition) is 5. The monoisotopic (exact) mass is 462 g/mol. The van der Waals surface area contributed by atoms with Gasteiger partial charge in [-0.1, -0.05) is 48.9 Å². The van der Waals surface area contributed by atoms with Crippen LogP contribution in [-0.2, 0) is 4.79 Å². The highest BCUT2D eigenvalue weighted by molar-refractivity contribution is 6.31. The van der Waals surface area contributed by atoms with Crippen LogP contribution in [0.3, 0.4) is 0 Å². The Kier molecular flexibility index (Phi) is 5.66. The Hall–Kier alpha value is -3.19. The quantitative estimate of drug-likeness (QED) is 0.447. The van der Waals surface area contributed by atoms with Crippen LogP contribution in [0.25, 0.3) is 16.6 Å². The molecular formula is C25H27ClN6O. The molecule has 0 saturated carbocycles. The lowest BCUT2D eigenvalue weighted by molar-refractivity contribution is -0.135. The molecule has 2 atom stereocenters. The minimum Gasteiger partial charge on any atom is -0.338 e. The fraction of sp³-hybridized carbons (Fsp3) is 0.360. The van der Waals surface area contributed by atoms with Gasteiger partial charge in [-0.05, 0) is 44.0 Å². The molecule has 7 nitrogen and oxygen atoms in total. The maximum Gasteiger partial charge on any atom is 0.230 e. The SMILES string of the molecule is CC[C@H](C(=O)N1CCN(c2nc3cc(Cl)ccc3c3nnc(C)n23)C[C@H]1C)c1ccccc1. The molecule has 33 heavy (non-hydrogen) atoms. The second-order valence-corrected chi connectivity index (χ2v) is 9.11. The average molecular weight is 463 g/mol. The molecule has 0 radical (unpaired) electrons. The number of aryl methyl sites for hydroxylation is 1. The summed E-state index contributed by atoms with van der Waals surface area (Å²) in [5.74, 6) is 1.65. The van der Waals surface area contributed by atoms with Gasteiger partial charge in [-0.25, -0.2) is 9.38 Å². The van der Waals surface area contributed by atoms with Crippen LogP contribution in [0.15, 0.2) is 48.5 Å². The zero-order valence-electron chi connectivity index (χ0n) is 19.1. The molecule has 2 aromatic heterocycles. The number of carbonyl (C=O) groups is 1. The molecule has 170 valence electrons. The lowest BCUT2D eigenvalue weighted by Gasteiger charge is -2.41. The topological polar surface area (TPSA) is 66.6 Å². The predicted molar refractivity (Wildman–Crippen MR) is 131 cm³/mol. The highest BCUT2D eigenvalue weighted by Gasteiger charge is 2.33. The fourth-order valence-corrected chi connectivity index (χ4v) is 5.00. The van der Waals surface area contributed by atoms with Gasteiger partial charge in [-0.15, -0.1) is 10.2 Å². The Bertz CT molecular complexity index is 1320. The molecule has 2 aromatic carbocycles. The molecule has 1 aliphatic rings. The Morgan fingerprint density at radius 2 is 1.94 bits per heavy atom. The molecule has 0 spiro atoms. The number of anilines is 1. The molecule has 1 amide bonds. The van der Waals surface area contributed by atoms with E-state index in [-0.39, 0.29) is 17.9 Å². The second-order valence-electron chi connectivity index (χ2n) is 8.68. The molecule has 5 rings (SSSR count). The molecule has 4 aromatic rings. The summed E-state index contributed by atoms with van der Waals surface area (Å²) < 4.78 is 2.00. The molecule has 1 aliphatic heterocycles. The van der Waals surface area contributed by atoms with Crippen LogP contribution < -0.4 is 4.90 Å². The van der Waals surface area contributed by atoms with Crippen molar-refractivity contribution in [3.63, 3.8) is 0 Å². The molecule has 0 bridgehead atoms. The van der Waals surface area contributed by atoms with E-state index in [2.05, 4.69) is 28.9 Å². The fourth-order valence-electron chi connectivity index (χ4n) is 4.84. The van der Waals surface area contributed by atoms with Crippen molar-refractivity contribution in [2.24, 2.45) is 0 Å². The Labute approximate surface area is 198 Å². The summed E-state index contributed by atoms with van der Waals surface area (Å²) in [7, 11) is 0. The van der Waals surface area contributed by atoms with Crippen molar-refractivity contribution in [3.8, 4) is 0 Å². The Morgan fingerprint density at radius 1 is 1.15 bits per heavy atom. The summed E-state index contributed by atoms with van der Waals surface area (Å²) in [6.07, 6.45) is 0.781. The number of fused-ring (bicyclic) bond motifs is 3. The molecular weight excluding hydrogens is 436 g/mol. The van der Waals surface area contributed by atoms with Gasteiger partial charge in [0.1, 0.15) is 5.82 Å². The first-order valence-corrected chi connectivity index (χ1v) is 11.8. The number of aromatic nitrogens is 4. The van der Waals surface area contributed by atoms with Gasteiger partial charge >= 0.3 is 0 Å². The van der Waals surface area contributed by atoms with Gasteiger partial charge in [-0.3, -0.25) is 4.79 Å². The van der Waals surface area contributed by atoms with Crippen molar-refractivity contribution >= 4 is 40.0 Å². The summed E-state index contributed by atoms with van der Waals surface area (Å²) in [6, 6.07) is 15.8. The van der Waals surface area contributed by atoms with Gasteiger partial charge in [0, 0.05) is 36.1 Å². The van der Waals surface area contributed by atoms with Crippen molar-refractivity contribution in [1.82, 2.24) is 24.5 Å². The third-order valence-electron chi connectivity index (χ3n) is 6.55. The number of halogens is 1. The van der Waals surface area contributed by atoms with Gasteiger partial charge in [0.05, 0.1) is 11.4 Å². The number of amides is 1. The summed E-state index contributed by atoms with van der Waals surface area (Å²) in [5, 5.41) is 10.3. The minimum atomic E-state index is -0.118. The van der Waals surface area contributed by atoms with E-state index in [0.717, 1.165) is 40.3 Å². The highest BCUT2D eigenvalue weighted by Crippen LogP contribution is 2.29. The van der Waals surface area contributed by atoms with E-state index in [1.165, 1.54) is 0 Å². The molecule has 0 unspecified atom stereocenters. The number of hydrogen-bond donors (Lipinski definition) is 0. The zero-order valence-corrected chi connectivity index (χ0v) is 19.8. The van der Waals surface area contributed by atoms with Crippen molar-refractivity contribution < 1.29 is 4.79 Å². The molecule has 3 heterocycles. The van der Waals surface area contributed by atoms with E-state index in [9.17, 15) is 4.79 Å². The smallest absolute Gasteiger partial charge is 0.230 e. The van der Waals surface area contributed by atoms with Crippen LogP contribution in [0.2, 0.25) is 5.02 Å². The predicted octanol–water partition coefficient (Wildman–Crippen LogP) is 4.47. The van der Waals surface area contributed by atoms with E-state index in [1.807, 2.05) is 64.8 Å². The zero-order chi connectivity index (χ0) is 23.1. The van der Waals surface area contributed by atoms with Crippen LogP contribution in [-0.4, -0.2) is 56.1 Å². The molecule has 1 fully saturated rings. The highest BCUT2D eigenvalue weighted by atomic mass is 35.5. The number of nitrogens with zero attached hydrogens (tertiary/aromatic N) is 6. The van der Waals surface area contributed by atoms with Crippen LogP contribution in [0.1, 0.15) is 37.6 Å². The first-order chi connectivity index (χ1) is 16.0. The molecule has 1 saturated heterocycles. The first-order valence-electron chi connectivity index (χ1n) is 11.4. The number of piperazine rings is 1. The summed E-state index contributed by atoms with van der Waals surface area (Å²) in [5.41, 5.74) is 2.64. The number of rotatable bonds is 4. The van der Waals surface area contributed by atoms with Crippen molar-refractivity contribution in [1.29, 1.82) is 0 Å². The van der Waals surface area contributed by atoms with Crippen LogP contribution in [0, 0.1) is 6.92 Å². The van der Waals surface area contributed by atoms with Crippen molar-refractivity contribution in [2.75, 3.05) is 24.5 Å². The van der Waals surface area contributed by atoms with Gasteiger partial charge in [0.15, 0.2) is 5.65 Å². The standard InChI is InChI=1S/C25H27ClN6O/c1-4-20(18-8-6-5-7-9-18)24(33)31-13-12-30(15-16(31)2)25-27-22-14-19(26)10-11-21(22)23-29-28-17(3)32(23)25/h5-11,14,16,20H,4,12-13,15H2,1-3H3/t16-,20+/m1/s1. The van der Waals surface area contributed by atoms with E-state index < -0.39 is 0 Å². The lowest BCUT2D eigenvalue weighted by atomic mass is 9.94. The Morgan fingerprint density at radius 3 is 2.67 bits per heavy atom. The van der Waals surface area contributed by atoms with Crippen LogP contribution in [0.5, 0.6) is 0 Å². The summed E-state index contributed by atoms with van der Waals surface area (Å²) in [4.78, 5) is 22.7. The van der Waals surface area contributed by atoms with Gasteiger partial charge in [0.25, 0.3) is 0 Å². The molecule has 0 aliphatic carbocycles.